The summed E-state index contributed by atoms with van der Waals surface area (Å²) in [5, 5.41) is 14.9. The second-order valence-electron chi connectivity index (χ2n) is 4.23. The number of rotatable bonds is 6. The van der Waals surface area contributed by atoms with E-state index < -0.39 is 0 Å². The number of H-pyrrole nitrogens is 1. The standard InChI is InChI=1S/C12H13N5O3S/c1-2-5-17-11(18)15-16-12(17)21-7-9-13-14-10(20-9)8-4-3-6-19-8/h3-4,6H,2,5,7H2,1H3,(H,15,18). The Morgan fingerprint density at radius 3 is 3.10 bits per heavy atom. The molecule has 0 amide bonds. The van der Waals surface area contributed by atoms with Gasteiger partial charge in [-0.15, -0.1) is 15.3 Å². The average molecular weight is 307 g/mol. The third-order valence-electron chi connectivity index (χ3n) is 2.69. The molecule has 0 fully saturated rings. The van der Waals surface area contributed by atoms with Crippen LogP contribution in [-0.4, -0.2) is 25.0 Å². The summed E-state index contributed by atoms with van der Waals surface area (Å²) in [5.41, 5.74) is -0.207. The Bertz CT molecular complexity index is 758. The molecule has 0 aliphatic carbocycles. The highest BCUT2D eigenvalue weighted by molar-refractivity contribution is 7.98. The lowest BCUT2D eigenvalue weighted by molar-refractivity contribution is 0.494. The number of aromatic nitrogens is 5. The van der Waals surface area contributed by atoms with E-state index in [1.165, 1.54) is 11.8 Å². The van der Waals surface area contributed by atoms with Crippen molar-refractivity contribution in [2.45, 2.75) is 30.8 Å². The van der Waals surface area contributed by atoms with Crippen LogP contribution < -0.4 is 5.69 Å². The summed E-state index contributed by atoms with van der Waals surface area (Å²) < 4.78 is 12.3. The van der Waals surface area contributed by atoms with Crippen molar-refractivity contribution in [1.29, 1.82) is 0 Å². The number of hydrogen-bond donors (Lipinski definition) is 1. The first-order valence-corrected chi connectivity index (χ1v) is 7.40. The molecule has 1 N–H and O–H groups in total. The maximum atomic E-state index is 11.6. The quantitative estimate of drug-likeness (QED) is 0.694. The van der Waals surface area contributed by atoms with E-state index in [-0.39, 0.29) is 5.69 Å². The van der Waals surface area contributed by atoms with Crippen molar-refractivity contribution >= 4 is 11.8 Å². The van der Waals surface area contributed by atoms with E-state index in [0.29, 0.717) is 35.0 Å². The second-order valence-corrected chi connectivity index (χ2v) is 5.17. The van der Waals surface area contributed by atoms with Crippen molar-refractivity contribution in [3.8, 4) is 11.7 Å². The fourth-order valence-electron chi connectivity index (χ4n) is 1.77. The minimum atomic E-state index is -0.207. The normalized spacial score (nSPS) is 11.1. The molecule has 0 unspecified atom stereocenters. The SMILES string of the molecule is CCCn1c(SCc2nnc(-c3ccco3)o2)n[nH]c1=O. The van der Waals surface area contributed by atoms with Crippen molar-refractivity contribution in [3.63, 3.8) is 0 Å². The lowest BCUT2D eigenvalue weighted by Gasteiger charge is -2.01. The highest BCUT2D eigenvalue weighted by Crippen LogP contribution is 2.22. The van der Waals surface area contributed by atoms with Crippen molar-refractivity contribution in [3.05, 3.63) is 34.8 Å². The summed E-state index contributed by atoms with van der Waals surface area (Å²) in [5.74, 6) is 1.75. The number of aromatic amines is 1. The summed E-state index contributed by atoms with van der Waals surface area (Å²) in [6.45, 7) is 2.63. The van der Waals surface area contributed by atoms with Gasteiger partial charge in [-0.3, -0.25) is 4.57 Å². The highest BCUT2D eigenvalue weighted by atomic mass is 32.2. The number of hydrogen-bond acceptors (Lipinski definition) is 7. The van der Waals surface area contributed by atoms with Gasteiger partial charge in [-0.1, -0.05) is 18.7 Å². The molecule has 3 aromatic heterocycles. The topological polar surface area (TPSA) is 103 Å². The van der Waals surface area contributed by atoms with Gasteiger partial charge in [0.1, 0.15) is 0 Å². The molecule has 0 saturated carbocycles. The zero-order valence-electron chi connectivity index (χ0n) is 11.3. The van der Waals surface area contributed by atoms with Crippen LogP contribution in [0.1, 0.15) is 19.2 Å². The molecule has 0 spiro atoms. The summed E-state index contributed by atoms with van der Waals surface area (Å²) in [7, 11) is 0. The van der Waals surface area contributed by atoms with Crippen LogP contribution in [0.15, 0.2) is 37.2 Å². The van der Waals surface area contributed by atoms with Crippen LogP contribution in [0.4, 0.5) is 0 Å². The predicted octanol–water partition coefficient (Wildman–Crippen LogP) is 1.92. The molecule has 3 rings (SSSR count). The van der Waals surface area contributed by atoms with Gasteiger partial charge in [0.15, 0.2) is 10.9 Å². The molecule has 3 heterocycles. The van der Waals surface area contributed by atoms with E-state index in [0.717, 1.165) is 6.42 Å². The van der Waals surface area contributed by atoms with Gasteiger partial charge >= 0.3 is 5.69 Å². The van der Waals surface area contributed by atoms with Crippen molar-refractivity contribution in [1.82, 2.24) is 25.0 Å². The second kappa shape index (κ2) is 6.00. The lowest BCUT2D eigenvalue weighted by atomic mass is 10.5. The molecule has 0 aliphatic heterocycles. The lowest BCUT2D eigenvalue weighted by Crippen LogP contribution is -2.17. The first kappa shape index (κ1) is 13.7. The van der Waals surface area contributed by atoms with Gasteiger partial charge in [0.05, 0.1) is 12.0 Å². The van der Waals surface area contributed by atoms with Gasteiger partial charge in [0.2, 0.25) is 5.89 Å². The Labute approximate surface area is 123 Å². The van der Waals surface area contributed by atoms with Gasteiger partial charge in [-0.2, -0.15) is 0 Å². The van der Waals surface area contributed by atoms with Gasteiger partial charge in [-0.05, 0) is 18.6 Å². The van der Waals surface area contributed by atoms with Gasteiger partial charge in [0, 0.05) is 6.54 Å². The van der Waals surface area contributed by atoms with E-state index in [2.05, 4.69) is 20.4 Å². The van der Waals surface area contributed by atoms with E-state index in [1.54, 1.807) is 23.0 Å². The third-order valence-corrected chi connectivity index (χ3v) is 3.66. The number of furan rings is 1. The Morgan fingerprint density at radius 2 is 2.33 bits per heavy atom. The zero-order valence-corrected chi connectivity index (χ0v) is 12.1. The largest absolute Gasteiger partial charge is 0.459 e. The van der Waals surface area contributed by atoms with E-state index >= 15 is 0 Å². The zero-order chi connectivity index (χ0) is 14.7. The molecule has 9 heteroatoms. The molecule has 0 atom stereocenters. The van der Waals surface area contributed by atoms with E-state index in [1.807, 2.05) is 6.92 Å². The molecular weight excluding hydrogens is 294 g/mol. The Kier molecular flexibility index (Phi) is 3.91. The first-order chi connectivity index (χ1) is 10.3. The third kappa shape index (κ3) is 2.92. The van der Waals surface area contributed by atoms with Crippen LogP contribution in [0, 0.1) is 0 Å². The van der Waals surface area contributed by atoms with Crippen LogP contribution in [0.5, 0.6) is 0 Å². The number of nitrogens with zero attached hydrogens (tertiary/aromatic N) is 4. The Hall–Kier alpha value is -2.29. The smallest absolute Gasteiger partial charge is 0.343 e. The van der Waals surface area contributed by atoms with Crippen LogP contribution in [0.3, 0.4) is 0 Å². The molecule has 21 heavy (non-hydrogen) atoms. The molecule has 0 aromatic carbocycles. The molecule has 0 bridgehead atoms. The van der Waals surface area contributed by atoms with Gasteiger partial charge in [0.25, 0.3) is 5.89 Å². The highest BCUT2D eigenvalue weighted by Gasteiger charge is 2.13. The minimum absolute atomic E-state index is 0.207. The molecule has 110 valence electrons. The van der Waals surface area contributed by atoms with E-state index in [9.17, 15) is 4.79 Å². The maximum absolute atomic E-state index is 11.6. The minimum Gasteiger partial charge on any atom is -0.459 e. The van der Waals surface area contributed by atoms with Gasteiger partial charge < -0.3 is 8.83 Å². The molecule has 0 aliphatic rings. The predicted molar refractivity (Wildman–Crippen MR) is 74.7 cm³/mol. The molecule has 8 nitrogen and oxygen atoms in total. The van der Waals surface area contributed by atoms with Crippen LogP contribution in [-0.2, 0) is 12.3 Å². The summed E-state index contributed by atoms with van der Waals surface area (Å²) in [6, 6.07) is 3.50. The molecule has 3 aromatic rings. The van der Waals surface area contributed by atoms with E-state index in [4.69, 9.17) is 8.83 Å². The monoisotopic (exact) mass is 307 g/mol. The fraction of sp³-hybridized carbons (Fsp3) is 0.333. The average Bonchev–Trinajstić information content (AvgIpc) is 3.19. The van der Waals surface area contributed by atoms with Crippen molar-refractivity contribution in [2.24, 2.45) is 0 Å². The Balaban J connectivity index is 1.70. The summed E-state index contributed by atoms with van der Waals surface area (Å²) in [4.78, 5) is 11.6. The van der Waals surface area contributed by atoms with Crippen molar-refractivity contribution < 1.29 is 8.83 Å². The van der Waals surface area contributed by atoms with Gasteiger partial charge in [-0.25, -0.2) is 9.89 Å². The maximum Gasteiger partial charge on any atom is 0.343 e. The Morgan fingerprint density at radius 1 is 1.43 bits per heavy atom. The number of nitrogens with one attached hydrogen (secondary N) is 1. The van der Waals surface area contributed by atoms with Crippen LogP contribution in [0.25, 0.3) is 11.7 Å². The number of thioether (sulfide) groups is 1. The van der Waals surface area contributed by atoms with Crippen LogP contribution >= 0.6 is 11.8 Å². The molecule has 0 radical (unpaired) electrons. The van der Waals surface area contributed by atoms with Crippen molar-refractivity contribution in [2.75, 3.05) is 0 Å². The first-order valence-electron chi connectivity index (χ1n) is 6.42. The molecule has 0 saturated heterocycles. The summed E-state index contributed by atoms with van der Waals surface area (Å²) >= 11 is 1.37. The summed E-state index contributed by atoms with van der Waals surface area (Å²) in [6.07, 6.45) is 2.40. The van der Waals surface area contributed by atoms with Crippen LogP contribution in [0.2, 0.25) is 0 Å². The molecular formula is C12H13N5O3S. The fourth-order valence-corrected chi connectivity index (χ4v) is 2.58.